The summed E-state index contributed by atoms with van der Waals surface area (Å²) in [4.78, 5) is 28.6. The van der Waals surface area contributed by atoms with Gasteiger partial charge in [-0.25, -0.2) is 9.36 Å². The molecule has 4 rings (SSSR count). The lowest BCUT2D eigenvalue weighted by molar-refractivity contribution is 0.0625. The van der Waals surface area contributed by atoms with E-state index in [0.717, 1.165) is 24.5 Å². The van der Waals surface area contributed by atoms with Gasteiger partial charge in [0.2, 0.25) is 0 Å². The molecule has 0 bridgehead atoms. The maximum atomic E-state index is 12.4. The van der Waals surface area contributed by atoms with Crippen LogP contribution in [0, 0.1) is 13.8 Å². The van der Waals surface area contributed by atoms with Gasteiger partial charge in [0.15, 0.2) is 5.82 Å². The molecule has 4 heterocycles. The summed E-state index contributed by atoms with van der Waals surface area (Å²) in [7, 11) is 0. The molecule has 1 N–H and O–H groups in total. The largest absolute Gasteiger partial charge is 0.335 e. The molecule has 1 aliphatic heterocycles. The van der Waals surface area contributed by atoms with Crippen molar-refractivity contribution < 1.29 is 4.79 Å². The molecule has 0 aromatic carbocycles. The molecule has 3 aromatic heterocycles. The van der Waals surface area contributed by atoms with Crippen LogP contribution in [0.15, 0.2) is 35.3 Å². The van der Waals surface area contributed by atoms with E-state index in [2.05, 4.69) is 25.3 Å². The fourth-order valence-corrected chi connectivity index (χ4v) is 3.53. The van der Waals surface area contributed by atoms with Crippen molar-refractivity contribution in [3.05, 3.63) is 57.9 Å². The molecule has 152 valence electrons. The van der Waals surface area contributed by atoms with Crippen LogP contribution in [0.1, 0.15) is 21.9 Å². The molecule has 10 heteroatoms. The zero-order valence-electron chi connectivity index (χ0n) is 16.6. The molecule has 29 heavy (non-hydrogen) atoms. The average molecular weight is 396 g/mol. The molecule has 1 aliphatic rings. The summed E-state index contributed by atoms with van der Waals surface area (Å²) in [5.41, 5.74) is 2.25. The zero-order valence-corrected chi connectivity index (χ0v) is 16.6. The second-order valence-corrected chi connectivity index (χ2v) is 7.20. The highest BCUT2D eigenvalue weighted by Crippen LogP contribution is 2.09. The summed E-state index contributed by atoms with van der Waals surface area (Å²) >= 11 is 0. The Morgan fingerprint density at radius 2 is 1.86 bits per heavy atom. The van der Waals surface area contributed by atoms with Gasteiger partial charge in [0.05, 0.1) is 12.2 Å². The van der Waals surface area contributed by atoms with Crippen molar-refractivity contribution in [3.8, 4) is 5.82 Å². The summed E-state index contributed by atoms with van der Waals surface area (Å²) in [6.07, 6.45) is 1.58. The number of aromatic amines is 1. The van der Waals surface area contributed by atoms with Gasteiger partial charge in [-0.1, -0.05) is 0 Å². The third-order valence-electron chi connectivity index (χ3n) is 5.10. The van der Waals surface area contributed by atoms with E-state index in [-0.39, 0.29) is 11.5 Å². The second kappa shape index (κ2) is 8.00. The van der Waals surface area contributed by atoms with Gasteiger partial charge < -0.3 is 4.90 Å². The van der Waals surface area contributed by atoms with E-state index in [4.69, 9.17) is 0 Å². The summed E-state index contributed by atoms with van der Waals surface area (Å²) in [6, 6.07) is 6.88. The van der Waals surface area contributed by atoms with Crippen molar-refractivity contribution in [3.63, 3.8) is 0 Å². The monoisotopic (exact) mass is 396 g/mol. The quantitative estimate of drug-likeness (QED) is 0.662. The maximum absolute atomic E-state index is 12.4. The first-order valence-electron chi connectivity index (χ1n) is 9.64. The van der Waals surface area contributed by atoms with Crippen molar-refractivity contribution >= 4 is 5.91 Å². The molecule has 0 atom stereocenters. The molecule has 0 radical (unpaired) electrons. The van der Waals surface area contributed by atoms with E-state index in [1.165, 1.54) is 10.7 Å². The molecular formula is C19H24N8O2. The number of hydrogen-bond donors (Lipinski definition) is 1. The third-order valence-corrected chi connectivity index (χ3v) is 5.10. The molecule has 0 unspecified atom stereocenters. The number of aryl methyl sites for hydroxylation is 2. The van der Waals surface area contributed by atoms with Gasteiger partial charge in [0, 0.05) is 50.7 Å². The number of aromatic nitrogens is 6. The van der Waals surface area contributed by atoms with Gasteiger partial charge in [-0.05, 0) is 32.0 Å². The SMILES string of the molecule is Cc1cc(C)n(-c2ccc(=O)n(CCN3CCN(C(=O)c4ccn[nH]4)CC3)n2)n1. The smallest absolute Gasteiger partial charge is 0.271 e. The Kier molecular flexibility index (Phi) is 5.26. The highest BCUT2D eigenvalue weighted by Gasteiger charge is 2.22. The highest BCUT2D eigenvalue weighted by atomic mass is 16.2. The van der Waals surface area contributed by atoms with Crippen LogP contribution >= 0.6 is 0 Å². The van der Waals surface area contributed by atoms with Crippen molar-refractivity contribution in [1.82, 2.24) is 39.6 Å². The van der Waals surface area contributed by atoms with Crippen LogP contribution in [0.5, 0.6) is 0 Å². The van der Waals surface area contributed by atoms with Gasteiger partial charge in [0.1, 0.15) is 5.69 Å². The van der Waals surface area contributed by atoms with E-state index in [0.29, 0.717) is 37.7 Å². The lowest BCUT2D eigenvalue weighted by atomic mass is 10.2. The van der Waals surface area contributed by atoms with Crippen molar-refractivity contribution in [2.45, 2.75) is 20.4 Å². The van der Waals surface area contributed by atoms with Crippen LogP contribution in [0.3, 0.4) is 0 Å². The number of nitrogens with zero attached hydrogens (tertiary/aromatic N) is 7. The standard InChI is InChI=1S/C19H24N8O2/c1-14-13-15(2)27(22-14)17-3-4-18(28)26(23-17)12-9-24-7-10-25(11-8-24)19(29)16-5-6-20-21-16/h3-6,13H,7-12H2,1-2H3,(H,20,21). The minimum atomic E-state index is -0.136. The Labute approximate surface area is 167 Å². The number of carbonyl (C=O) groups excluding carboxylic acids is 1. The molecule has 1 fully saturated rings. The van der Waals surface area contributed by atoms with Gasteiger partial charge >= 0.3 is 0 Å². The van der Waals surface area contributed by atoms with E-state index >= 15 is 0 Å². The van der Waals surface area contributed by atoms with Gasteiger partial charge in [0.25, 0.3) is 11.5 Å². The highest BCUT2D eigenvalue weighted by molar-refractivity contribution is 5.92. The lowest BCUT2D eigenvalue weighted by Crippen LogP contribution is -2.49. The zero-order chi connectivity index (χ0) is 20.4. The maximum Gasteiger partial charge on any atom is 0.271 e. The first-order valence-corrected chi connectivity index (χ1v) is 9.64. The fraction of sp³-hybridized carbons (Fsp3) is 0.421. The number of rotatable bonds is 5. The lowest BCUT2D eigenvalue weighted by Gasteiger charge is -2.34. The van der Waals surface area contributed by atoms with Gasteiger partial charge in [-0.2, -0.15) is 10.2 Å². The van der Waals surface area contributed by atoms with E-state index in [1.807, 2.05) is 24.8 Å². The Morgan fingerprint density at radius 1 is 1.07 bits per heavy atom. The fourth-order valence-electron chi connectivity index (χ4n) is 3.53. The van der Waals surface area contributed by atoms with E-state index < -0.39 is 0 Å². The van der Waals surface area contributed by atoms with Gasteiger partial charge in [-0.3, -0.25) is 19.6 Å². The molecule has 1 saturated heterocycles. The molecule has 1 amide bonds. The number of piperazine rings is 1. The normalized spacial score (nSPS) is 15.0. The minimum absolute atomic E-state index is 0.0300. The van der Waals surface area contributed by atoms with E-state index in [9.17, 15) is 9.59 Å². The van der Waals surface area contributed by atoms with Crippen LogP contribution in [-0.2, 0) is 6.54 Å². The van der Waals surface area contributed by atoms with Crippen molar-refractivity contribution in [2.75, 3.05) is 32.7 Å². The first-order chi connectivity index (χ1) is 14.0. The summed E-state index contributed by atoms with van der Waals surface area (Å²) in [5, 5.41) is 15.5. The predicted octanol–water partition coefficient (Wildman–Crippen LogP) is 0.227. The number of H-pyrrole nitrogens is 1. The Morgan fingerprint density at radius 3 is 2.52 bits per heavy atom. The second-order valence-electron chi connectivity index (χ2n) is 7.20. The van der Waals surface area contributed by atoms with E-state index in [1.54, 1.807) is 23.0 Å². The topological polar surface area (TPSA) is 105 Å². The van der Waals surface area contributed by atoms with Crippen molar-refractivity contribution in [2.24, 2.45) is 0 Å². The summed E-state index contributed by atoms with van der Waals surface area (Å²) < 4.78 is 3.22. The Bertz CT molecular complexity index is 1040. The molecular weight excluding hydrogens is 372 g/mol. The minimum Gasteiger partial charge on any atom is -0.335 e. The third kappa shape index (κ3) is 4.11. The molecule has 0 spiro atoms. The Balaban J connectivity index is 1.36. The molecule has 0 aliphatic carbocycles. The molecule has 0 saturated carbocycles. The number of amides is 1. The average Bonchev–Trinajstić information content (AvgIpc) is 3.37. The van der Waals surface area contributed by atoms with Crippen molar-refractivity contribution in [1.29, 1.82) is 0 Å². The molecule has 3 aromatic rings. The number of nitrogens with one attached hydrogen (secondary N) is 1. The molecule has 10 nitrogen and oxygen atoms in total. The van der Waals surface area contributed by atoms with Crippen LogP contribution in [0.4, 0.5) is 0 Å². The number of carbonyl (C=O) groups is 1. The predicted molar refractivity (Wildman–Crippen MR) is 106 cm³/mol. The number of hydrogen-bond acceptors (Lipinski definition) is 6. The van der Waals surface area contributed by atoms with Crippen LogP contribution < -0.4 is 5.56 Å². The van der Waals surface area contributed by atoms with Crippen LogP contribution in [0.25, 0.3) is 5.82 Å². The Hall–Kier alpha value is -3.27. The first kappa shape index (κ1) is 19.1. The summed E-state index contributed by atoms with van der Waals surface area (Å²) in [6.45, 7) is 7.87. The summed E-state index contributed by atoms with van der Waals surface area (Å²) in [5.74, 6) is 0.600. The van der Waals surface area contributed by atoms with Crippen LogP contribution in [-0.4, -0.2) is 78.2 Å². The van der Waals surface area contributed by atoms with Gasteiger partial charge in [-0.15, -0.1) is 5.10 Å². The van der Waals surface area contributed by atoms with Crippen LogP contribution in [0.2, 0.25) is 0 Å².